The van der Waals surface area contributed by atoms with E-state index in [2.05, 4.69) is 0 Å². The number of hydrogen-bond donors (Lipinski definition) is 4. The topological polar surface area (TPSA) is 155 Å². The Morgan fingerprint density at radius 3 is 1.69 bits per heavy atom. The molecule has 13 heavy (non-hydrogen) atoms. The molecule has 4 N–H and O–H groups in total. The van der Waals surface area contributed by atoms with Crippen LogP contribution in [0.1, 0.15) is 0 Å². The van der Waals surface area contributed by atoms with Crippen molar-refractivity contribution in [3.63, 3.8) is 0 Å². The molecule has 0 heterocycles. The van der Waals surface area contributed by atoms with E-state index in [9.17, 15) is 4.79 Å². The zero-order valence-corrected chi connectivity index (χ0v) is 9.43. The molecular weight excluding hydrogens is 219 g/mol. The van der Waals surface area contributed by atoms with Crippen molar-refractivity contribution in [1.29, 1.82) is 0 Å². The van der Waals surface area contributed by atoms with E-state index >= 15 is 0 Å². The van der Waals surface area contributed by atoms with Crippen LogP contribution < -0.4 is 29.6 Å². The third-order valence-electron chi connectivity index (χ3n) is 0.458. The molecule has 0 aliphatic carbocycles. The van der Waals surface area contributed by atoms with E-state index in [1.807, 2.05) is 0 Å². The van der Waals surface area contributed by atoms with Gasteiger partial charge in [-0.25, -0.2) is 13.2 Å². The Hall–Kier alpha value is 0.260. The summed E-state index contributed by atoms with van der Waals surface area (Å²) in [5.74, 6) is -1.40. The average molecular weight is 226 g/mol. The van der Waals surface area contributed by atoms with Crippen LogP contribution in [0.4, 0.5) is 0 Å². The summed E-state index contributed by atoms with van der Waals surface area (Å²) in [5.41, 5.74) is 0. The first-order chi connectivity index (χ1) is 5.18. The summed E-state index contributed by atoms with van der Waals surface area (Å²) in [6.07, 6.45) is -1.63. The van der Waals surface area contributed by atoms with Gasteiger partial charge in [0.1, 0.15) is 0 Å². The Labute approximate surface area is 96.1 Å². The van der Waals surface area contributed by atoms with Crippen LogP contribution >= 0.6 is 0 Å². The van der Waals surface area contributed by atoms with E-state index in [4.69, 9.17) is 32.8 Å². The summed E-state index contributed by atoms with van der Waals surface area (Å²) in [6, 6.07) is 0. The molecule has 0 aliphatic heterocycles. The summed E-state index contributed by atoms with van der Waals surface area (Å²) in [4.78, 5) is 9.52. The van der Waals surface area contributed by atoms with E-state index in [1.165, 1.54) is 0 Å². The van der Waals surface area contributed by atoms with E-state index in [0.717, 1.165) is 0 Å². The summed E-state index contributed by atoms with van der Waals surface area (Å²) >= 11 is 0. The molecule has 0 fully saturated rings. The number of rotatable bonds is 2. The Kier molecular flexibility index (Phi) is 12.9. The van der Waals surface area contributed by atoms with Gasteiger partial charge in [0.05, 0.1) is 6.61 Å². The van der Waals surface area contributed by atoms with Crippen molar-refractivity contribution in [1.82, 2.24) is 0 Å². The normalized spacial score (nSPS) is 11.7. The minimum absolute atomic E-state index is 0. The molecule has 0 aromatic carbocycles. The van der Waals surface area contributed by atoms with E-state index in [1.54, 1.807) is 0 Å². The fraction of sp³-hybridized carbons (Fsp3) is 0.667. The second-order valence-corrected chi connectivity index (χ2v) is 2.32. The third-order valence-corrected chi connectivity index (χ3v) is 0.458. The predicted octanol–water partition coefficient (Wildman–Crippen LogP) is -5.57. The van der Waals surface area contributed by atoms with Crippen molar-refractivity contribution in [3.8, 4) is 0 Å². The number of aliphatic hydroxyl groups excluding tert-OH is 2. The minimum atomic E-state index is -4.92. The molecule has 0 radical (unpaired) electrons. The maximum atomic E-state index is 9.52. The Balaban J connectivity index is -0.000000150. The molecule has 0 rings (SSSR count). The van der Waals surface area contributed by atoms with Crippen LogP contribution in [0.25, 0.3) is 0 Å². The van der Waals surface area contributed by atoms with Gasteiger partial charge < -0.3 is 19.9 Å². The molecule has 74 valence electrons. The van der Waals surface area contributed by atoms with Gasteiger partial charge >= 0.3 is 35.5 Å². The Morgan fingerprint density at radius 2 is 1.69 bits per heavy atom. The fourth-order valence-electron chi connectivity index (χ4n) is 0.0781. The summed E-state index contributed by atoms with van der Waals surface area (Å²) in [5, 5.41) is 23.7. The molecule has 0 aromatic heterocycles. The molecule has 0 bridgehead atoms. The minimum Gasteiger partial charge on any atom is -0.726 e. The molecule has 1 atom stereocenters. The average Bonchev–Trinajstić information content (AvgIpc) is 1.82. The quantitative estimate of drug-likeness (QED) is 0.206. The van der Waals surface area contributed by atoms with Crippen LogP contribution in [0.2, 0.25) is 0 Å². The van der Waals surface area contributed by atoms with Gasteiger partial charge in [0.15, 0.2) is 6.10 Å². The van der Waals surface area contributed by atoms with Crippen LogP contribution in [0, 0.1) is 0 Å². The SMILES string of the molecule is O=C(O)C(O)CO.O=S(=O)([O-])O.[Na+]. The second-order valence-electron chi connectivity index (χ2n) is 1.46. The molecular formula is C3H7NaO8S. The monoisotopic (exact) mass is 226 g/mol. The van der Waals surface area contributed by atoms with E-state index < -0.39 is 29.1 Å². The number of carbonyl (C=O) groups is 1. The fourth-order valence-corrected chi connectivity index (χ4v) is 0.0781. The number of aliphatic hydroxyl groups is 2. The van der Waals surface area contributed by atoms with Gasteiger partial charge in [-0.3, -0.25) is 4.55 Å². The van der Waals surface area contributed by atoms with Gasteiger partial charge in [-0.2, -0.15) is 0 Å². The van der Waals surface area contributed by atoms with E-state index in [0.29, 0.717) is 0 Å². The third kappa shape index (κ3) is 32.9. The van der Waals surface area contributed by atoms with E-state index in [-0.39, 0.29) is 29.6 Å². The largest absolute Gasteiger partial charge is 1.00 e. The Morgan fingerprint density at radius 1 is 1.46 bits per heavy atom. The number of hydrogen-bond acceptors (Lipinski definition) is 6. The zero-order valence-electron chi connectivity index (χ0n) is 6.61. The molecule has 0 aliphatic rings. The van der Waals surface area contributed by atoms with Crippen LogP contribution in [-0.2, 0) is 15.2 Å². The van der Waals surface area contributed by atoms with Crippen LogP contribution in [0.15, 0.2) is 0 Å². The predicted molar refractivity (Wildman–Crippen MR) is 33.1 cm³/mol. The first-order valence-corrected chi connectivity index (χ1v) is 3.75. The molecule has 0 amide bonds. The maximum absolute atomic E-state index is 9.52. The van der Waals surface area contributed by atoms with Gasteiger partial charge in [-0.15, -0.1) is 0 Å². The zero-order chi connectivity index (χ0) is 10.4. The van der Waals surface area contributed by atoms with Gasteiger partial charge in [-0.1, -0.05) is 0 Å². The first kappa shape index (κ1) is 18.9. The first-order valence-electron chi connectivity index (χ1n) is 2.38. The van der Waals surface area contributed by atoms with Gasteiger partial charge in [0, 0.05) is 0 Å². The van der Waals surface area contributed by atoms with Gasteiger partial charge in [-0.05, 0) is 0 Å². The summed E-state index contributed by atoms with van der Waals surface area (Å²) in [6.45, 7) is -0.727. The number of carboxylic acids is 1. The molecule has 0 aromatic rings. The van der Waals surface area contributed by atoms with Crippen molar-refractivity contribution in [3.05, 3.63) is 0 Å². The number of aliphatic carboxylic acids is 1. The molecule has 0 saturated heterocycles. The van der Waals surface area contributed by atoms with Crippen LogP contribution in [-0.4, -0.2) is 51.5 Å². The van der Waals surface area contributed by atoms with Crippen molar-refractivity contribution < 1.29 is 67.2 Å². The Bertz CT molecular complexity index is 214. The van der Waals surface area contributed by atoms with Crippen molar-refractivity contribution in [2.75, 3.05) is 6.61 Å². The summed E-state index contributed by atoms with van der Waals surface area (Å²) < 4.78 is 32.8. The molecule has 10 heteroatoms. The van der Waals surface area contributed by atoms with Gasteiger partial charge in [0.2, 0.25) is 10.4 Å². The van der Waals surface area contributed by atoms with Crippen molar-refractivity contribution in [2.24, 2.45) is 0 Å². The maximum Gasteiger partial charge on any atom is 1.00 e. The molecule has 8 nitrogen and oxygen atoms in total. The van der Waals surface area contributed by atoms with Crippen LogP contribution in [0.5, 0.6) is 0 Å². The van der Waals surface area contributed by atoms with Crippen molar-refractivity contribution >= 4 is 16.4 Å². The van der Waals surface area contributed by atoms with Crippen LogP contribution in [0.3, 0.4) is 0 Å². The molecule has 0 spiro atoms. The van der Waals surface area contributed by atoms with Crippen molar-refractivity contribution in [2.45, 2.75) is 6.10 Å². The smallest absolute Gasteiger partial charge is 0.726 e. The standard InChI is InChI=1S/C3H6O4.Na.H2O4S/c4-1-2(5)3(6)7;;1-5(2,3)4/h2,4-5H,1H2,(H,6,7);;(H2,1,2,3,4)/q;+1;/p-1. The second kappa shape index (κ2) is 8.84. The molecule has 1 unspecified atom stereocenters. The summed E-state index contributed by atoms with van der Waals surface area (Å²) in [7, 11) is -4.92. The van der Waals surface area contributed by atoms with Gasteiger partial charge in [0.25, 0.3) is 0 Å². The number of carboxylic acid groups (broad SMARTS) is 1. The molecule has 0 saturated carbocycles.